The number of carbonyl (C=O) groups excluding carboxylic acids is 1. The molecule has 0 aliphatic rings. The Bertz CT molecular complexity index is 1140. The van der Waals surface area contributed by atoms with Crippen LogP contribution in [-0.4, -0.2) is 54.1 Å². The van der Waals surface area contributed by atoms with Crippen molar-refractivity contribution in [1.29, 1.82) is 0 Å². The van der Waals surface area contributed by atoms with Crippen molar-refractivity contribution in [3.63, 3.8) is 0 Å². The van der Waals surface area contributed by atoms with Crippen LogP contribution in [0.1, 0.15) is 34.6 Å². The molecule has 0 bridgehead atoms. The van der Waals surface area contributed by atoms with Crippen molar-refractivity contribution < 1.29 is 4.79 Å². The van der Waals surface area contributed by atoms with Crippen LogP contribution in [0.4, 0.5) is 5.69 Å². The van der Waals surface area contributed by atoms with Gasteiger partial charge in [-0.15, -0.1) is 0 Å². The smallest absolute Gasteiger partial charge is 0.263 e. The predicted molar refractivity (Wildman–Crippen MR) is 126 cm³/mol. The van der Waals surface area contributed by atoms with Gasteiger partial charge < -0.3 is 20.1 Å². The van der Waals surface area contributed by atoms with E-state index in [1.807, 2.05) is 69.2 Å². The topological polar surface area (TPSA) is 79.3 Å². The van der Waals surface area contributed by atoms with Crippen LogP contribution < -0.4 is 16.2 Å². The van der Waals surface area contributed by atoms with Gasteiger partial charge in [0.15, 0.2) is 0 Å². The molecular formula is C24H31N5O2. The summed E-state index contributed by atoms with van der Waals surface area (Å²) in [4.78, 5) is 32.3. The molecule has 7 heteroatoms. The van der Waals surface area contributed by atoms with E-state index in [2.05, 4.69) is 15.6 Å². The van der Waals surface area contributed by atoms with Crippen LogP contribution in [0.25, 0.3) is 10.9 Å². The van der Waals surface area contributed by atoms with E-state index in [1.54, 1.807) is 17.7 Å². The van der Waals surface area contributed by atoms with E-state index in [9.17, 15) is 9.59 Å². The molecule has 2 N–H and O–H groups in total. The molecule has 0 spiro atoms. The minimum absolute atomic E-state index is 0.0282. The fourth-order valence-electron chi connectivity index (χ4n) is 3.80. The van der Waals surface area contributed by atoms with Crippen molar-refractivity contribution in [2.45, 2.75) is 26.8 Å². The van der Waals surface area contributed by atoms with E-state index < -0.39 is 0 Å². The number of anilines is 1. The van der Waals surface area contributed by atoms with Crippen molar-refractivity contribution in [2.24, 2.45) is 0 Å². The van der Waals surface area contributed by atoms with Gasteiger partial charge in [-0.1, -0.05) is 18.2 Å². The van der Waals surface area contributed by atoms with Gasteiger partial charge >= 0.3 is 0 Å². The molecule has 2 aromatic heterocycles. The van der Waals surface area contributed by atoms with E-state index in [-0.39, 0.29) is 23.1 Å². The number of para-hydroxylation sites is 1. The number of amides is 1. The Morgan fingerprint density at radius 2 is 1.90 bits per heavy atom. The van der Waals surface area contributed by atoms with Gasteiger partial charge in [-0.25, -0.2) is 0 Å². The summed E-state index contributed by atoms with van der Waals surface area (Å²) in [5, 5.41) is 7.29. The van der Waals surface area contributed by atoms with Gasteiger partial charge in [0.1, 0.15) is 5.56 Å². The number of aromatic nitrogens is 2. The summed E-state index contributed by atoms with van der Waals surface area (Å²) >= 11 is 0. The van der Waals surface area contributed by atoms with Gasteiger partial charge in [-0.05, 0) is 58.6 Å². The fourth-order valence-corrected chi connectivity index (χ4v) is 3.80. The molecule has 0 saturated heterocycles. The van der Waals surface area contributed by atoms with Crippen LogP contribution in [-0.2, 0) is 0 Å². The van der Waals surface area contributed by atoms with Gasteiger partial charge in [-0.2, -0.15) is 0 Å². The molecule has 2 heterocycles. The zero-order valence-electron chi connectivity index (χ0n) is 18.9. The van der Waals surface area contributed by atoms with Gasteiger partial charge in [0.2, 0.25) is 0 Å². The first-order chi connectivity index (χ1) is 14.8. The molecule has 1 aromatic carbocycles. The highest BCUT2D eigenvalue weighted by Crippen LogP contribution is 2.22. The number of fused-ring (bicyclic) bond motifs is 1. The molecule has 0 radical (unpaired) electrons. The van der Waals surface area contributed by atoms with Crippen molar-refractivity contribution in [1.82, 2.24) is 19.8 Å². The normalized spacial score (nSPS) is 12.2. The first kappa shape index (κ1) is 22.5. The van der Waals surface area contributed by atoms with E-state index in [0.717, 1.165) is 22.3 Å². The van der Waals surface area contributed by atoms with E-state index >= 15 is 0 Å². The van der Waals surface area contributed by atoms with Crippen LogP contribution in [0, 0.1) is 13.8 Å². The quantitative estimate of drug-likeness (QED) is 0.547. The SMILES string of the molecule is Cc1cc(NCCNC(=O)c2c(C)ccn(C(C)CN(C)C)c2=O)c2ccccc2n1. The Balaban J connectivity index is 1.67. The maximum absolute atomic E-state index is 13.0. The van der Waals surface area contributed by atoms with Crippen LogP contribution >= 0.6 is 0 Å². The monoisotopic (exact) mass is 421 g/mol. The first-order valence-electron chi connectivity index (χ1n) is 10.5. The number of hydrogen-bond acceptors (Lipinski definition) is 5. The lowest BCUT2D eigenvalue weighted by Crippen LogP contribution is -2.38. The summed E-state index contributed by atoms with van der Waals surface area (Å²) in [5.74, 6) is -0.341. The third-order valence-corrected chi connectivity index (χ3v) is 5.23. The number of hydrogen-bond donors (Lipinski definition) is 2. The highest BCUT2D eigenvalue weighted by Gasteiger charge is 2.18. The minimum atomic E-state index is -0.341. The zero-order chi connectivity index (χ0) is 22.5. The number of aryl methyl sites for hydroxylation is 2. The minimum Gasteiger partial charge on any atom is -0.383 e. The molecule has 3 rings (SSSR count). The highest BCUT2D eigenvalue weighted by molar-refractivity contribution is 5.95. The first-order valence-corrected chi connectivity index (χ1v) is 10.5. The maximum atomic E-state index is 13.0. The van der Waals surface area contributed by atoms with Gasteiger partial charge in [0.05, 0.1) is 5.52 Å². The van der Waals surface area contributed by atoms with Crippen LogP contribution in [0.15, 0.2) is 47.4 Å². The molecule has 3 aromatic rings. The van der Waals surface area contributed by atoms with E-state index in [1.165, 1.54) is 0 Å². The summed E-state index contributed by atoms with van der Waals surface area (Å²) in [6.07, 6.45) is 1.76. The molecule has 1 amide bonds. The standard InChI is InChI=1S/C24H31N5O2/c1-16-10-13-29(18(3)15-28(4)5)24(31)22(16)23(30)26-12-11-25-21-14-17(2)27-20-9-7-6-8-19(20)21/h6-10,13-14,18H,11-12,15H2,1-5H3,(H,25,27)(H,26,30). The van der Waals surface area contributed by atoms with Gasteiger partial charge in [0, 0.05) is 48.6 Å². The van der Waals surface area contributed by atoms with Gasteiger partial charge in [0.25, 0.3) is 11.5 Å². The molecule has 0 aliphatic heterocycles. The lowest BCUT2D eigenvalue weighted by molar-refractivity contribution is 0.0952. The average Bonchev–Trinajstić information content (AvgIpc) is 2.70. The van der Waals surface area contributed by atoms with E-state index in [4.69, 9.17) is 0 Å². The van der Waals surface area contributed by atoms with Gasteiger partial charge in [-0.3, -0.25) is 14.6 Å². The van der Waals surface area contributed by atoms with Crippen molar-refractivity contribution in [2.75, 3.05) is 39.0 Å². The second kappa shape index (κ2) is 9.75. The van der Waals surface area contributed by atoms with Crippen LogP contribution in [0.3, 0.4) is 0 Å². The van der Waals surface area contributed by atoms with E-state index in [0.29, 0.717) is 25.2 Å². The number of likely N-dealkylation sites (N-methyl/N-ethyl adjacent to an activating group) is 1. The third-order valence-electron chi connectivity index (χ3n) is 5.23. The Kier molecular flexibility index (Phi) is 7.07. The Morgan fingerprint density at radius 3 is 2.65 bits per heavy atom. The van der Waals surface area contributed by atoms with Crippen molar-refractivity contribution in [3.05, 3.63) is 69.8 Å². The molecule has 0 saturated carbocycles. The average molecular weight is 422 g/mol. The summed E-state index contributed by atoms with van der Waals surface area (Å²) in [6.45, 7) is 7.38. The molecular weight excluding hydrogens is 390 g/mol. The Labute approximate surface area is 183 Å². The molecule has 164 valence electrons. The Hall–Kier alpha value is -3.19. The summed E-state index contributed by atoms with van der Waals surface area (Å²) in [7, 11) is 3.92. The lowest BCUT2D eigenvalue weighted by Gasteiger charge is -2.20. The van der Waals surface area contributed by atoms with Crippen molar-refractivity contribution >= 4 is 22.5 Å². The summed E-state index contributed by atoms with van der Waals surface area (Å²) in [5.41, 5.74) is 3.47. The lowest BCUT2D eigenvalue weighted by atomic mass is 10.1. The number of nitrogens with zero attached hydrogens (tertiary/aromatic N) is 3. The van der Waals surface area contributed by atoms with Crippen LogP contribution in [0.5, 0.6) is 0 Å². The molecule has 1 unspecified atom stereocenters. The molecule has 0 fully saturated rings. The summed E-state index contributed by atoms with van der Waals surface area (Å²) in [6, 6.07) is 11.7. The third kappa shape index (κ3) is 5.30. The molecule has 0 aliphatic carbocycles. The second-order valence-corrected chi connectivity index (χ2v) is 8.21. The molecule has 31 heavy (non-hydrogen) atoms. The Morgan fingerprint density at radius 1 is 1.16 bits per heavy atom. The summed E-state index contributed by atoms with van der Waals surface area (Å²) < 4.78 is 1.63. The fraction of sp³-hybridized carbons (Fsp3) is 0.375. The number of nitrogens with one attached hydrogen (secondary N) is 2. The molecule has 7 nitrogen and oxygen atoms in total. The predicted octanol–water partition coefficient (Wildman–Crippen LogP) is 2.98. The maximum Gasteiger partial charge on any atom is 0.263 e. The largest absolute Gasteiger partial charge is 0.383 e. The number of rotatable bonds is 8. The second-order valence-electron chi connectivity index (χ2n) is 8.21. The number of pyridine rings is 2. The number of carbonyl (C=O) groups is 1. The zero-order valence-corrected chi connectivity index (χ0v) is 18.9. The van der Waals surface area contributed by atoms with Crippen molar-refractivity contribution in [3.8, 4) is 0 Å². The molecule has 1 atom stereocenters. The number of benzene rings is 1. The highest BCUT2D eigenvalue weighted by atomic mass is 16.2. The van der Waals surface area contributed by atoms with Crippen LogP contribution in [0.2, 0.25) is 0 Å².